The predicted octanol–water partition coefficient (Wildman–Crippen LogP) is 1.93. The van der Waals surface area contributed by atoms with E-state index in [0.29, 0.717) is 0 Å². The summed E-state index contributed by atoms with van der Waals surface area (Å²) in [5.74, 6) is 0.907. The molecule has 3 heteroatoms. The van der Waals surface area contributed by atoms with Gasteiger partial charge >= 0.3 is 0 Å². The largest absolute Gasteiger partial charge is 0.316 e. The molecule has 19 heavy (non-hydrogen) atoms. The molecule has 2 saturated heterocycles. The summed E-state index contributed by atoms with van der Waals surface area (Å²) in [6, 6.07) is 2.56. The molecule has 0 aromatic heterocycles. The van der Waals surface area contributed by atoms with Gasteiger partial charge in [-0.1, -0.05) is 0 Å². The van der Waals surface area contributed by atoms with Crippen molar-refractivity contribution in [3.63, 3.8) is 0 Å². The highest BCUT2D eigenvalue weighted by Gasteiger charge is 2.37. The van der Waals surface area contributed by atoms with E-state index in [2.05, 4.69) is 29.1 Å². The molecule has 3 aliphatic rings. The summed E-state index contributed by atoms with van der Waals surface area (Å²) < 4.78 is 0. The molecule has 0 amide bonds. The minimum atomic E-state index is 0.768. The van der Waals surface area contributed by atoms with Crippen molar-refractivity contribution in [2.45, 2.75) is 63.6 Å². The molecule has 1 N–H and O–H groups in total. The lowest BCUT2D eigenvalue weighted by Crippen LogP contribution is -2.50. The van der Waals surface area contributed by atoms with Gasteiger partial charge in [-0.05, 0) is 78.0 Å². The van der Waals surface area contributed by atoms with Crippen LogP contribution in [0, 0.1) is 5.92 Å². The van der Waals surface area contributed by atoms with Crippen LogP contribution in [0.2, 0.25) is 0 Å². The third-order valence-electron chi connectivity index (χ3n) is 5.53. The molecule has 2 heterocycles. The topological polar surface area (TPSA) is 18.5 Å². The summed E-state index contributed by atoms with van der Waals surface area (Å²) in [4.78, 5) is 5.44. The maximum atomic E-state index is 3.58. The zero-order valence-electron chi connectivity index (χ0n) is 12.8. The number of hydrogen-bond acceptors (Lipinski definition) is 3. The van der Waals surface area contributed by atoms with E-state index in [4.69, 9.17) is 0 Å². The van der Waals surface area contributed by atoms with Crippen molar-refractivity contribution in [3.8, 4) is 0 Å². The fourth-order valence-corrected chi connectivity index (χ4v) is 3.95. The predicted molar refractivity (Wildman–Crippen MR) is 80.4 cm³/mol. The lowest BCUT2D eigenvalue weighted by Gasteiger charge is -2.42. The number of nitrogens with one attached hydrogen (secondary N) is 1. The maximum absolute atomic E-state index is 3.58. The third kappa shape index (κ3) is 3.50. The Hall–Kier alpha value is -0.120. The first kappa shape index (κ1) is 13.8. The molecule has 3 fully saturated rings. The van der Waals surface area contributed by atoms with E-state index in [1.165, 1.54) is 64.7 Å². The first-order chi connectivity index (χ1) is 9.24. The van der Waals surface area contributed by atoms with Crippen molar-refractivity contribution >= 4 is 0 Å². The van der Waals surface area contributed by atoms with Crippen molar-refractivity contribution in [2.24, 2.45) is 5.92 Å². The van der Waals surface area contributed by atoms with Gasteiger partial charge in [0, 0.05) is 24.7 Å². The average Bonchev–Trinajstić information content (AvgIpc) is 3.25. The molecule has 3 rings (SSSR count). The zero-order valence-corrected chi connectivity index (χ0v) is 12.8. The monoisotopic (exact) mass is 265 g/mol. The van der Waals surface area contributed by atoms with Crippen LogP contribution in [0.5, 0.6) is 0 Å². The van der Waals surface area contributed by atoms with Crippen LogP contribution in [0.3, 0.4) is 0 Å². The molecule has 110 valence electrons. The van der Waals surface area contributed by atoms with Crippen molar-refractivity contribution in [3.05, 3.63) is 0 Å². The van der Waals surface area contributed by atoms with E-state index in [-0.39, 0.29) is 0 Å². The summed E-state index contributed by atoms with van der Waals surface area (Å²) in [6.07, 6.45) is 8.51. The average molecular weight is 265 g/mol. The summed E-state index contributed by atoms with van der Waals surface area (Å²) in [5.41, 5.74) is 0. The van der Waals surface area contributed by atoms with E-state index in [1.807, 2.05) is 0 Å². The number of hydrogen-bond donors (Lipinski definition) is 1. The van der Waals surface area contributed by atoms with Gasteiger partial charge in [0.15, 0.2) is 0 Å². The smallest absolute Gasteiger partial charge is 0.0125 e. The third-order valence-corrected chi connectivity index (χ3v) is 5.53. The molecule has 0 bridgehead atoms. The van der Waals surface area contributed by atoms with Crippen LogP contribution >= 0.6 is 0 Å². The number of piperidine rings is 2. The maximum Gasteiger partial charge on any atom is 0.0125 e. The molecule has 3 atom stereocenters. The van der Waals surface area contributed by atoms with Gasteiger partial charge in [-0.25, -0.2) is 0 Å². The SMILES string of the molecule is CC1CC(N(CC2CCCNC2)C2CC2)CCN1C. The van der Waals surface area contributed by atoms with Crippen LogP contribution in [-0.2, 0) is 0 Å². The van der Waals surface area contributed by atoms with Gasteiger partial charge in [-0.3, -0.25) is 4.90 Å². The Kier molecular flexibility index (Phi) is 4.45. The molecule has 0 radical (unpaired) electrons. The first-order valence-corrected chi connectivity index (χ1v) is 8.40. The molecular formula is C16H31N3. The highest BCUT2D eigenvalue weighted by molar-refractivity contribution is 4.93. The Bertz CT molecular complexity index is 284. The van der Waals surface area contributed by atoms with Crippen molar-refractivity contribution < 1.29 is 0 Å². The summed E-state index contributed by atoms with van der Waals surface area (Å²) in [5, 5.41) is 3.58. The molecule has 1 aliphatic carbocycles. The Morgan fingerprint density at radius 1 is 1.16 bits per heavy atom. The van der Waals surface area contributed by atoms with E-state index in [9.17, 15) is 0 Å². The molecule has 3 nitrogen and oxygen atoms in total. The van der Waals surface area contributed by atoms with Crippen molar-refractivity contribution in [1.82, 2.24) is 15.1 Å². The Morgan fingerprint density at radius 2 is 2.00 bits per heavy atom. The van der Waals surface area contributed by atoms with Crippen LogP contribution in [0.4, 0.5) is 0 Å². The fraction of sp³-hybridized carbons (Fsp3) is 1.00. The lowest BCUT2D eigenvalue weighted by atomic mass is 9.94. The number of nitrogens with zero attached hydrogens (tertiary/aromatic N) is 2. The minimum absolute atomic E-state index is 0.768. The first-order valence-electron chi connectivity index (χ1n) is 8.40. The van der Waals surface area contributed by atoms with E-state index in [1.54, 1.807) is 0 Å². The zero-order chi connectivity index (χ0) is 13.2. The van der Waals surface area contributed by atoms with Gasteiger partial charge in [-0.2, -0.15) is 0 Å². The molecule has 1 saturated carbocycles. The Morgan fingerprint density at radius 3 is 2.63 bits per heavy atom. The molecule has 0 aromatic carbocycles. The second kappa shape index (κ2) is 6.11. The second-order valence-corrected chi connectivity index (χ2v) is 7.15. The standard InChI is InChI=1S/C16H31N3/c1-13-10-16(7-9-18(13)2)19(15-5-6-15)12-14-4-3-8-17-11-14/h13-17H,3-12H2,1-2H3. The van der Waals surface area contributed by atoms with Crippen LogP contribution in [0.25, 0.3) is 0 Å². The fourth-order valence-electron chi connectivity index (χ4n) is 3.95. The molecule has 0 aromatic rings. The highest BCUT2D eigenvalue weighted by Crippen LogP contribution is 2.34. The molecule has 2 aliphatic heterocycles. The molecule has 0 spiro atoms. The van der Waals surface area contributed by atoms with Crippen molar-refractivity contribution in [1.29, 1.82) is 0 Å². The van der Waals surface area contributed by atoms with Gasteiger partial charge < -0.3 is 10.2 Å². The van der Waals surface area contributed by atoms with Crippen LogP contribution < -0.4 is 5.32 Å². The number of likely N-dealkylation sites (tertiary alicyclic amines) is 1. The van der Waals surface area contributed by atoms with Gasteiger partial charge in [0.05, 0.1) is 0 Å². The molecule has 3 unspecified atom stereocenters. The Balaban J connectivity index is 1.57. The van der Waals surface area contributed by atoms with Gasteiger partial charge in [0.25, 0.3) is 0 Å². The van der Waals surface area contributed by atoms with Gasteiger partial charge in [-0.15, -0.1) is 0 Å². The van der Waals surface area contributed by atoms with E-state index in [0.717, 1.165) is 24.0 Å². The second-order valence-electron chi connectivity index (χ2n) is 7.15. The normalized spacial score (nSPS) is 37.7. The summed E-state index contributed by atoms with van der Waals surface area (Å²) in [7, 11) is 2.29. The van der Waals surface area contributed by atoms with Crippen LogP contribution in [-0.4, -0.2) is 61.2 Å². The summed E-state index contributed by atoms with van der Waals surface area (Å²) >= 11 is 0. The van der Waals surface area contributed by atoms with E-state index < -0.39 is 0 Å². The van der Waals surface area contributed by atoms with Gasteiger partial charge in [0.1, 0.15) is 0 Å². The summed E-state index contributed by atoms with van der Waals surface area (Å²) in [6.45, 7) is 7.55. The van der Waals surface area contributed by atoms with E-state index >= 15 is 0 Å². The quantitative estimate of drug-likeness (QED) is 0.838. The van der Waals surface area contributed by atoms with Gasteiger partial charge in [0.2, 0.25) is 0 Å². The minimum Gasteiger partial charge on any atom is -0.316 e. The van der Waals surface area contributed by atoms with Crippen LogP contribution in [0.15, 0.2) is 0 Å². The van der Waals surface area contributed by atoms with Crippen molar-refractivity contribution in [2.75, 3.05) is 33.2 Å². The molecular weight excluding hydrogens is 234 g/mol. The lowest BCUT2D eigenvalue weighted by molar-refractivity contribution is 0.0673. The highest BCUT2D eigenvalue weighted by atomic mass is 15.2. The van der Waals surface area contributed by atoms with Crippen LogP contribution in [0.1, 0.15) is 45.4 Å². The number of rotatable bonds is 4. The Labute approximate surface area is 118 Å².